The first-order valence-electron chi connectivity index (χ1n) is 5.86. The van der Waals surface area contributed by atoms with Gasteiger partial charge in [-0.05, 0) is 37.7 Å². The number of benzene rings is 1. The first-order valence-corrected chi connectivity index (χ1v) is 5.86. The summed E-state index contributed by atoms with van der Waals surface area (Å²) in [5.41, 5.74) is 7.33. The van der Waals surface area contributed by atoms with Gasteiger partial charge in [-0.3, -0.25) is 0 Å². The van der Waals surface area contributed by atoms with E-state index in [2.05, 4.69) is 12.1 Å². The van der Waals surface area contributed by atoms with E-state index in [9.17, 15) is 0 Å². The largest absolute Gasteiger partial charge is 0.490 e. The molecule has 2 unspecified atom stereocenters. The maximum absolute atomic E-state index is 6.15. The lowest BCUT2D eigenvalue weighted by molar-refractivity contribution is 0.171. The third-order valence-electron chi connectivity index (χ3n) is 3.51. The molecule has 0 aromatic heterocycles. The second kappa shape index (κ2) is 3.53. The third-order valence-corrected chi connectivity index (χ3v) is 3.51. The van der Waals surface area contributed by atoms with E-state index in [4.69, 9.17) is 10.5 Å². The van der Waals surface area contributed by atoms with Crippen molar-refractivity contribution >= 4 is 0 Å². The fourth-order valence-electron chi connectivity index (χ4n) is 2.42. The predicted molar refractivity (Wildman–Crippen MR) is 59.7 cm³/mol. The first kappa shape index (κ1) is 9.22. The van der Waals surface area contributed by atoms with Crippen molar-refractivity contribution in [2.24, 2.45) is 11.7 Å². The van der Waals surface area contributed by atoms with Crippen LogP contribution in [0.2, 0.25) is 0 Å². The lowest BCUT2D eigenvalue weighted by atomic mass is 10.0. The minimum atomic E-state index is 0.157. The Kier molecular flexibility index (Phi) is 2.17. The van der Waals surface area contributed by atoms with Gasteiger partial charge in [0.15, 0.2) is 0 Å². The van der Waals surface area contributed by atoms with Crippen molar-refractivity contribution < 1.29 is 4.74 Å². The van der Waals surface area contributed by atoms with Gasteiger partial charge in [0.25, 0.3) is 0 Å². The smallest absolute Gasteiger partial charge is 0.124 e. The first-order chi connectivity index (χ1) is 7.34. The quantitative estimate of drug-likeness (QED) is 0.761. The van der Waals surface area contributed by atoms with Crippen LogP contribution in [0.1, 0.15) is 37.3 Å². The summed E-state index contributed by atoms with van der Waals surface area (Å²) in [5.74, 6) is 1.81. The number of nitrogens with two attached hydrogens (primary N) is 1. The molecule has 1 heterocycles. The predicted octanol–water partition coefficient (Wildman–Crippen LogP) is 2.64. The molecule has 2 aliphatic rings. The van der Waals surface area contributed by atoms with Gasteiger partial charge in [-0.2, -0.15) is 0 Å². The molecule has 1 aromatic rings. The summed E-state index contributed by atoms with van der Waals surface area (Å²) < 4.78 is 6.07. The SMILES string of the molecule is NC1CCC(C2CC2)Oc2ccccc21. The number of para-hydroxylation sites is 1. The van der Waals surface area contributed by atoms with Gasteiger partial charge in [-0.25, -0.2) is 0 Å². The molecule has 0 spiro atoms. The van der Waals surface area contributed by atoms with Crippen LogP contribution in [0, 0.1) is 5.92 Å². The number of hydrogen-bond acceptors (Lipinski definition) is 2. The maximum Gasteiger partial charge on any atom is 0.124 e. The number of fused-ring (bicyclic) bond motifs is 1. The molecule has 2 atom stereocenters. The fourth-order valence-corrected chi connectivity index (χ4v) is 2.42. The molecule has 0 amide bonds. The van der Waals surface area contributed by atoms with Gasteiger partial charge >= 0.3 is 0 Å². The zero-order valence-electron chi connectivity index (χ0n) is 8.86. The Balaban J connectivity index is 1.91. The normalized spacial score (nSPS) is 30.2. The summed E-state index contributed by atoms with van der Waals surface area (Å²) in [6, 6.07) is 8.37. The van der Waals surface area contributed by atoms with Crippen molar-refractivity contribution in [3.05, 3.63) is 29.8 Å². The average molecular weight is 203 g/mol. The van der Waals surface area contributed by atoms with E-state index in [0.717, 1.165) is 24.5 Å². The minimum Gasteiger partial charge on any atom is -0.490 e. The highest BCUT2D eigenvalue weighted by Crippen LogP contribution is 2.41. The summed E-state index contributed by atoms with van der Waals surface area (Å²) in [6.07, 6.45) is 5.25. The monoisotopic (exact) mass is 203 g/mol. The molecule has 0 saturated heterocycles. The lowest BCUT2D eigenvalue weighted by Gasteiger charge is -2.16. The Morgan fingerprint density at radius 1 is 1.07 bits per heavy atom. The van der Waals surface area contributed by atoms with Crippen molar-refractivity contribution in [1.29, 1.82) is 0 Å². The average Bonchev–Trinajstić information content (AvgIpc) is 3.06. The molecule has 0 radical (unpaired) electrons. The highest BCUT2D eigenvalue weighted by atomic mass is 16.5. The Labute approximate surface area is 90.4 Å². The number of hydrogen-bond donors (Lipinski definition) is 1. The van der Waals surface area contributed by atoms with E-state index >= 15 is 0 Å². The highest BCUT2D eigenvalue weighted by Gasteiger charge is 2.35. The van der Waals surface area contributed by atoms with Crippen molar-refractivity contribution in [3.63, 3.8) is 0 Å². The summed E-state index contributed by atoms with van der Waals surface area (Å²) in [5, 5.41) is 0. The molecule has 1 aliphatic heterocycles. The van der Waals surface area contributed by atoms with Crippen molar-refractivity contribution in [1.82, 2.24) is 0 Å². The van der Waals surface area contributed by atoms with Crippen LogP contribution in [-0.4, -0.2) is 6.10 Å². The fraction of sp³-hybridized carbons (Fsp3) is 0.538. The lowest BCUT2D eigenvalue weighted by Crippen LogP contribution is -2.17. The molecule has 1 fully saturated rings. The summed E-state index contributed by atoms with van der Waals surface area (Å²) in [4.78, 5) is 0. The Morgan fingerprint density at radius 2 is 1.87 bits per heavy atom. The van der Waals surface area contributed by atoms with Crippen LogP contribution in [0.3, 0.4) is 0 Å². The van der Waals surface area contributed by atoms with Gasteiger partial charge in [0, 0.05) is 11.6 Å². The minimum absolute atomic E-state index is 0.157. The molecular formula is C13H17NO. The number of rotatable bonds is 1. The van der Waals surface area contributed by atoms with Crippen LogP contribution in [0.4, 0.5) is 0 Å². The second-order valence-electron chi connectivity index (χ2n) is 4.72. The van der Waals surface area contributed by atoms with E-state index in [1.165, 1.54) is 18.4 Å². The van der Waals surface area contributed by atoms with Crippen LogP contribution < -0.4 is 10.5 Å². The van der Waals surface area contributed by atoms with E-state index in [1.54, 1.807) is 0 Å². The van der Waals surface area contributed by atoms with Crippen LogP contribution in [-0.2, 0) is 0 Å². The summed E-state index contributed by atoms with van der Waals surface area (Å²) in [7, 11) is 0. The van der Waals surface area contributed by atoms with Crippen LogP contribution in [0.5, 0.6) is 5.75 Å². The third kappa shape index (κ3) is 1.74. The van der Waals surface area contributed by atoms with Crippen LogP contribution in [0.15, 0.2) is 24.3 Å². The molecule has 0 bridgehead atoms. The second-order valence-corrected chi connectivity index (χ2v) is 4.72. The van der Waals surface area contributed by atoms with E-state index in [0.29, 0.717) is 6.10 Å². The molecule has 80 valence electrons. The van der Waals surface area contributed by atoms with Gasteiger partial charge in [0.1, 0.15) is 11.9 Å². The molecule has 3 rings (SSSR count). The van der Waals surface area contributed by atoms with E-state index < -0.39 is 0 Å². The van der Waals surface area contributed by atoms with Crippen molar-refractivity contribution in [2.75, 3.05) is 0 Å². The van der Waals surface area contributed by atoms with Crippen LogP contribution in [0.25, 0.3) is 0 Å². The zero-order chi connectivity index (χ0) is 10.3. The molecule has 2 nitrogen and oxygen atoms in total. The van der Waals surface area contributed by atoms with Gasteiger partial charge < -0.3 is 10.5 Å². The standard InChI is InChI=1S/C13H17NO/c14-11-7-8-12(9-5-6-9)15-13-4-2-1-3-10(11)13/h1-4,9,11-12H,5-8,14H2. The molecular weight excluding hydrogens is 186 g/mol. The topological polar surface area (TPSA) is 35.2 Å². The van der Waals surface area contributed by atoms with Gasteiger partial charge in [0.2, 0.25) is 0 Å². The molecule has 2 heteroatoms. The van der Waals surface area contributed by atoms with E-state index in [1.807, 2.05) is 12.1 Å². The number of ether oxygens (including phenoxy) is 1. The maximum atomic E-state index is 6.15. The Hall–Kier alpha value is -1.02. The zero-order valence-corrected chi connectivity index (χ0v) is 8.86. The highest BCUT2D eigenvalue weighted by molar-refractivity contribution is 5.36. The van der Waals surface area contributed by atoms with Gasteiger partial charge in [-0.1, -0.05) is 18.2 Å². The molecule has 2 N–H and O–H groups in total. The Bertz CT molecular complexity index is 359. The van der Waals surface area contributed by atoms with Crippen molar-refractivity contribution in [3.8, 4) is 5.75 Å². The van der Waals surface area contributed by atoms with Gasteiger partial charge in [-0.15, -0.1) is 0 Å². The molecule has 1 saturated carbocycles. The molecule has 1 aliphatic carbocycles. The van der Waals surface area contributed by atoms with Gasteiger partial charge in [0.05, 0.1) is 0 Å². The van der Waals surface area contributed by atoms with Crippen molar-refractivity contribution in [2.45, 2.75) is 37.8 Å². The summed E-state index contributed by atoms with van der Waals surface area (Å²) >= 11 is 0. The van der Waals surface area contributed by atoms with Crippen LogP contribution >= 0.6 is 0 Å². The summed E-state index contributed by atoms with van der Waals surface area (Å²) in [6.45, 7) is 0. The van der Waals surface area contributed by atoms with E-state index in [-0.39, 0.29) is 6.04 Å². The molecule has 15 heavy (non-hydrogen) atoms. The Morgan fingerprint density at radius 3 is 2.67 bits per heavy atom. The molecule has 1 aromatic carbocycles.